The Bertz CT molecular complexity index is 121. The molecule has 0 aliphatic carbocycles. The number of carbonyl (C=O) groups excluding carboxylic acids is 1. The van der Waals surface area contributed by atoms with Gasteiger partial charge in [-0.2, -0.15) is 0 Å². The summed E-state index contributed by atoms with van der Waals surface area (Å²) < 4.78 is 4.71. The molecule has 0 N–H and O–H groups in total. The summed E-state index contributed by atoms with van der Waals surface area (Å²) >= 11 is 1.58. The molecular weight excluding hydrogens is 148 g/mol. The zero-order chi connectivity index (χ0) is 7.98. The average Bonchev–Trinajstić information content (AvgIpc) is 1.87. The van der Waals surface area contributed by atoms with Gasteiger partial charge in [-0.3, -0.25) is 0 Å². The molecule has 0 aromatic rings. The predicted octanol–water partition coefficient (Wildman–Crippen LogP) is 1.81. The lowest BCUT2D eigenvalue weighted by Crippen LogP contribution is -2.01. The highest BCUT2D eigenvalue weighted by Gasteiger charge is 1.96. The summed E-state index contributed by atoms with van der Waals surface area (Å²) in [6, 6.07) is 0. The Hall–Kier alpha value is -0.440. The number of hydrogen-bond donors (Lipinski definition) is 0. The van der Waals surface area contributed by atoms with Gasteiger partial charge in [-0.1, -0.05) is 20.4 Å². The highest BCUT2D eigenvalue weighted by molar-refractivity contribution is 7.99. The monoisotopic (exact) mass is 160 g/mol. The fourth-order valence-corrected chi connectivity index (χ4v) is 0.743. The second kappa shape index (κ2) is 5.35. The first kappa shape index (κ1) is 9.56. The molecule has 0 aliphatic heterocycles. The van der Waals surface area contributed by atoms with Gasteiger partial charge in [0.25, 0.3) is 0 Å². The van der Waals surface area contributed by atoms with Gasteiger partial charge in [0.2, 0.25) is 0 Å². The van der Waals surface area contributed by atoms with Gasteiger partial charge < -0.3 is 4.74 Å². The van der Waals surface area contributed by atoms with E-state index < -0.39 is 0 Å². The maximum absolute atomic E-state index is 10.4. The second-order valence-electron chi connectivity index (χ2n) is 2.00. The third-order valence-electron chi connectivity index (χ3n) is 0.769. The van der Waals surface area contributed by atoms with E-state index in [1.54, 1.807) is 11.8 Å². The van der Waals surface area contributed by atoms with Crippen molar-refractivity contribution in [2.24, 2.45) is 0 Å². The molecule has 0 spiro atoms. The van der Waals surface area contributed by atoms with E-state index in [9.17, 15) is 4.79 Å². The summed E-state index contributed by atoms with van der Waals surface area (Å²) in [7, 11) is 0. The number of rotatable bonds is 4. The summed E-state index contributed by atoms with van der Waals surface area (Å²) in [4.78, 5) is 10.4. The van der Waals surface area contributed by atoms with Crippen molar-refractivity contribution in [1.29, 1.82) is 0 Å². The number of hydrogen-bond acceptors (Lipinski definition) is 3. The fraction of sp³-hybridized carbons (Fsp3) is 0.571. The van der Waals surface area contributed by atoms with Gasteiger partial charge in [0.15, 0.2) is 0 Å². The van der Waals surface area contributed by atoms with Crippen LogP contribution >= 0.6 is 11.8 Å². The van der Waals surface area contributed by atoms with E-state index in [1.165, 1.54) is 6.08 Å². The van der Waals surface area contributed by atoms with Crippen LogP contribution in [-0.2, 0) is 9.53 Å². The van der Waals surface area contributed by atoms with Crippen LogP contribution in [0.4, 0.5) is 0 Å². The minimum absolute atomic E-state index is 0.354. The topological polar surface area (TPSA) is 26.3 Å². The van der Waals surface area contributed by atoms with Crippen molar-refractivity contribution in [2.75, 3.05) is 5.94 Å². The van der Waals surface area contributed by atoms with Crippen LogP contribution in [0.1, 0.15) is 13.8 Å². The van der Waals surface area contributed by atoms with Crippen LogP contribution in [0.25, 0.3) is 0 Å². The third kappa shape index (κ3) is 5.69. The van der Waals surface area contributed by atoms with Crippen LogP contribution in [0.2, 0.25) is 0 Å². The van der Waals surface area contributed by atoms with Crippen molar-refractivity contribution < 1.29 is 9.53 Å². The van der Waals surface area contributed by atoms with E-state index in [0.717, 1.165) is 0 Å². The Morgan fingerprint density at radius 1 is 1.80 bits per heavy atom. The Balaban J connectivity index is 3.19. The SMILES string of the molecule is C=CC(=O)OCSC(C)C. The largest absolute Gasteiger partial charge is 0.451 e. The molecule has 10 heavy (non-hydrogen) atoms. The minimum atomic E-state index is -0.354. The summed E-state index contributed by atoms with van der Waals surface area (Å²) in [5.74, 6) is 0.0656. The van der Waals surface area contributed by atoms with Crippen molar-refractivity contribution in [2.45, 2.75) is 19.1 Å². The number of ether oxygens (including phenoxy) is 1. The average molecular weight is 160 g/mol. The molecule has 0 aromatic heterocycles. The molecule has 0 saturated heterocycles. The Labute approximate surface area is 65.6 Å². The molecule has 3 heteroatoms. The first-order valence-corrected chi connectivity index (χ1v) is 4.12. The third-order valence-corrected chi connectivity index (χ3v) is 1.69. The normalized spacial score (nSPS) is 9.50. The number of thioether (sulfide) groups is 1. The fourth-order valence-electron chi connectivity index (χ4n) is 0.287. The van der Waals surface area contributed by atoms with Crippen LogP contribution < -0.4 is 0 Å². The molecule has 2 nitrogen and oxygen atoms in total. The van der Waals surface area contributed by atoms with E-state index in [2.05, 4.69) is 6.58 Å². The van der Waals surface area contributed by atoms with E-state index in [4.69, 9.17) is 4.74 Å². The van der Waals surface area contributed by atoms with Crippen LogP contribution in [0.5, 0.6) is 0 Å². The number of carbonyl (C=O) groups is 1. The van der Waals surface area contributed by atoms with E-state index in [-0.39, 0.29) is 5.97 Å². The first-order valence-electron chi connectivity index (χ1n) is 3.07. The summed E-state index contributed by atoms with van der Waals surface area (Å²) in [5.41, 5.74) is 0. The molecule has 0 aromatic carbocycles. The maximum atomic E-state index is 10.4. The lowest BCUT2D eigenvalue weighted by Gasteiger charge is -2.03. The summed E-state index contributed by atoms with van der Waals surface area (Å²) in [6.07, 6.45) is 1.17. The molecule has 0 saturated carbocycles. The zero-order valence-corrected chi connectivity index (χ0v) is 7.11. The first-order chi connectivity index (χ1) is 4.66. The molecular formula is C7H12O2S. The van der Waals surface area contributed by atoms with E-state index in [1.807, 2.05) is 13.8 Å². The lowest BCUT2D eigenvalue weighted by molar-refractivity contribution is -0.135. The van der Waals surface area contributed by atoms with E-state index in [0.29, 0.717) is 11.2 Å². The predicted molar refractivity (Wildman–Crippen MR) is 43.9 cm³/mol. The van der Waals surface area contributed by atoms with Gasteiger partial charge in [-0.25, -0.2) is 4.79 Å². The molecule has 0 heterocycles. The second-order valence-corrected chi connectivity index (χ2v) is 3.51. The Kier molecular flexibility index (Phi) is 5.12. The van der Waals surface area contributed by atoms with Gasteiger partial charge >= 0.3 is 5.97 Å². The molecule has 0 radical (unpaired) electrons. The van der Waals surface area contributed by atoms with Gasteiger partial charge in [-0.05, 0) is 0 Å². The quantitative estimate of drug-likeness (QED) is 0.356. The minimum Gasteiger partial charge on any atom is -0.451 e. The van der Waals surface area contributed by atoms with Crippen LogP contribution in [-0.4, -0.2) is 17.2 Å². The van der Waals surface area contributed by atoms with Gasteiger partial charge in [0, 0.05) is 11.3 Å². The lowest BCUT2D eigenvalue weighted by atomic mass is 10.6. The number of esters is 1. The molecule has 0 bridgehead atoms. The highest BCUT2D eigenvalue weighted by Crippen LogP contribution is 2.08. The van der Waals surface area contributed by atoms with Crippen LogP contribution in [0, 0.1) is 0 Å². The molecule has 0 rings (SSSR count). The zero-order valence-electron chi connectivity index (χ0n) is 6.29. The smallest absolute Gasteiger partial charge is 0.330 e. The Morgan fingerprint density at radius 3 is 2.80 bits per heavy atom. The van der Waals surface area contributed by atoms with Gasteiger partial charge in [0.05, 0.1) is 0 Å². The van der Waals surface area contributed by atoms with Crippen molar-refractivity contribution >= 4 is 17.7 Å². The van der Waals surface area contributed by atoms with Crippen molar-refractivity contribution in [3.05, 3.63) is 12.7 Å². The van der Waals surface area contributed by atoms with Crippen molar-refractivity contribution in [3.8, 4) is 0 Å². The Morgan fingerprint density at radius 2 is 2.40 bits per heavy atom. The van der Waals surface area contributed by atoms with Gasteiger partial charge in [0.1, 0.15) is 5.94 Å². The van der Waals surface area contributed by atoms with Gasteiger partial charge in [-0.15, -0.1) is 11.8 Å². The van der Waals surface area contributed by atoms with Crippen LogP contribution in [0.15, 0.2) is 12.7 Å². The maximum Gasteiger partial charge on any atom is 0.330 e. The van der Waals surface area contributed by atoms with Crippen molar-refractivity contribution in [3.63, 3.8) is 0 Å². The molecule has 58 valence electrons. The highest BCUT2D eigenvalue weighted by atomic mass is 32.2. The molecule has 0 atom stereocenters. The molecule has 0 fully saturated rings. The van der Waals surface area contributed by atoms with Crippen LogP contribution in [0.3, 0.4) is 0 Å². The summed E-state index contributed by atoms with van der Waals surface area (Å²) in [6.45, 7) is 7.37. The molecule has 0 amide bonds. The molecule has 0 unspecified atom stereocenters. The van der Waals surface area contributed by atoms with E-state index >= 15 is 0 Å². The standard InChI is InChI=1S/C7H12O2S/c1-4-7(8)9-5-10-6(2)3/h4,6H,1,5H2,2-3H3. The summed E-state index contributed by atoms with van der Waals surface area (Å²) in [5, 5.41) is 0.498. The molecule has 0 aliphatic rings. The van der Waals surface area contributed by atoms with Crippen molar-refractivity contribution in [1.82, 2.24) is 0 Å².